The van der Waals surface area contributed by atoms with Crippen molar-refractivity contribution in [2.45, 2.75) is 20.3 Å². The summed E-state index contributed by atoms with van der Waals surface area (Å²) in [6, 6.07) is 17.3. The summed E-state index contributed by atoms with van der Waals surface area (Å²) >= 11 is 1.59. The Bertz CT molecular complexity index is 1220. The fourth-order valence-electron chi connectivity index (χ4n) is 4.40. The van der Waals surface area contributed by atoms with Gasteiger partial charge in [-0.2, -0.15) is 0 Å². The van der Waals surface area contributed by atoms with E-state index < -0.39 is 0 Å². The molecule has 0 radical (unpaired) electrons. The summed E-state index contributed by atoms with van der Waals surface area (Å²) in [7, 11) is 0. The minimum Gasteiger partial charge on any atom is -0.230 e. The van der Waals surface area contributed by atoms with Crippen molar-refractivity contribution in [3.8, 4) is 10.6 Å². The molecule has 3 nitrogen and oxygen atoms in total. The molecule has 0 unspecified atom stereocenters. The Morgan fingerprint density at radius 3 is 2.40 bits per heavy atom. The summed E-state index contributed by atoms with van der Waals surface area (Å²) in [5, 5.41) is 9.40. The van der Waals surface area contributed by atoms with E-state index in [0.717, 1.165) is 30.1 Å². The second-order valence-corrected chi connectivity index (χ2v) is 8.38. The van der Waals surface area contributed by atoms with Crippen LogP contribution in [0.2, 0.25) is 0 Å². The zero-order valence-electron chi connectivity index (χ0n) is 17.3. The van der Waals surface area contributed by atoms with Crippen LogP contribution in [0.4, 0.5) is 0 Å². The van der Waals surface area contributed by atoms with Crippen LogP contribution in [0.1, 0.15) is 30.5 Å². The molecule has 4 heteroatoms. The number of nitrogens with zero attached hydrogens (tertiary/aromatic N) is 3. The number of rotatable bonds is 4. The molecule has 2 aliphatic carbocycles. The number of allylic oxidation sites excluding steroid dienone is 5. The van der Waals surface area contributed by atoms with Gasteiger partial charge in [-0.3, -0.25) is 0 Å². The SMILES string of the molecule is CC[N+](CC)=C1C=C2Cc3ccccc3C=C2C(c2ccccc2-c2nncs2)=C1. The molecular weight excluding hydrogens is 386 g/mol. The molecule has 0 fully saturated rings. The summed E-state index contributed by atoms with van der Waals surface area (Å²) in [4.78, 5) is 0. The predicted octanol–water partition coefficient (Wildman–Crippen LogP) is 5.66. The van der Waals surface area contributed by atoms with Crippen LogP contribution < -0.4 is 0 Å². The van der Waals surface area contributed by atoms with Crippen molar-refractivity contribution in [3.63, 3.8) is 0 Å². The smallest absolute Gasteiger partial charge is 0.200 e. The van der Waals surface area contributed by atoms with E-state index in [-0.39, 0.29) is 0 Å². The van der Waals surface area contributed by atoms with Crippen molar-refractivity contribution < 1.29 is 4.58 Å². The van der Waals surface area contributed by atoms with Gasteiger partial charge >= 0.3 is 0 Å². The standard InChI is InChI=1S/C26H24N3S/c1-3-29(4-2)21-14-20-13-18-9-5-6-10-19(18)15-24(20)25(16-21)22-11-7-8-12-23(22)26-28-27-17-30-26/h5-12,14-17H,3-4,13H2,1-2H3/q+1. The summed E-state index contributed by atoms with van der Waals surface area (Å²) in [5.41, 5.74) is 12.1. The molecule has 2 aromatic carbocycles. The highest BCUT2D eigenvalue weighted by molar-refractivity contribution is 7.12. The van der Waals surface area contributed by atoms with E-state index in [1.54, 1.807) is 16.8 Å². The zero-order valence-corrected chi connectivity index (χ0v) is 18.1. The lowest BCUT2D eigenvalue weighted by molar-refractivity contribution is -0.519. The van der Waals surface area contributed by atoms with E-state index in [0.29, 0.717) is 0 Å². The lowest BCUT2D eigenvalue weighted by atomic mass is 9.78. The summed E-state index contributed by atoms with van der Waals surface area (Å²) in [5.74, 6) is 0. The van der Waals surface area contributed by atoms with Gasteiger partial charge in [0.1, 0.15) is 23.6 Å². The van der Waals surface area contributed by atoms with Crippen LogP contribution in [0, 0.1) is 0 Å². The fourth-order valence-corrected chi connectivity index (χ4v) is 4.99. The first-order valence-electron chi connectivity index (χ1n) is 10.5. The Morgan fingerprint density at radius 1 is 0.867 bits per heavy atom. The fraction of sp³-hybridized carbons (Fsp3) is 0.192. The van der Waals surface area contributed by atoms with Gasteiger partial charge in [0.15, 0.2) is 0 Å². The number of hydrogen-bond donors (Lipinski definition) is 0. The zero-order chi connectivity index (χ0) is 20.5. The third kappa shape index (κ3) is 3.27. The van der Waals surface area contributed by atoms with Crippen LogP contribution in [0.25, 0.3) is 22.2 Å². The minimum absolute atomic E-state index is 0.962. The van der Waals surface area contributed by atoms with Gasteiger partial charge in [0, 0.05) is 17.7 Å². The molecule has 5 rings (SSSR count). The molecule has 0 saturated carbocycles. The van der Waals surface area contributed by atoms with Gasteiger partial charge in [0.05, 0.1) is 0 Å². The second-order valence-electron chi connectivity index (χ2n) is 7.55. The summed E-state index contributed by atoms with van der Waals surface area (Å²) < 4.78 is 2.43. The molecule has 148 valence electrons. The van der Waals surface area contributed by atoms with Crippen LogP contribution >= 0.6 is 11.3 Å². The Kier molecular flexibility index (Phi) is 5.01. The average molecular weight is 411 g/mol. The first kappa shape index (κ1) is 18.9. The van der Waals surface area contributed by atoms with Gasteiger partial charge in [-0.05, 0) is 59.8 Å². The van der Waals surface area contributed by atoms with Gasteiger partial charge in [-0.25, -0.2) is 4.58 Å². The van der Waals surface area contributed by atoms with E-state index in [1.807, 2.05) is 0 Å². The number of hydrogen-bond acceptors (Lipinski definition) is 3. The van der Waals surface area contributed by atoms with Crippen LogP contribution in [-0.4, -0.2) is 33.6 Å². The molecule has 0 atom stereocenters. The molecule has 0 N–H and O–H groups in total. The summed E-state index contributed by atoms with van der Waals surface area (Å²) in [6.45, 7) is 6.43. The highest BCUT2D eigenvalue weighted by Crippen LogP contribution is 2.42. The first-order valence-corrected chi connectivity index (χ1v) is 11.4. The summed E-state index contributed by atoms with van der Waals surface area (Å²) in [6.07, 6.45) is 8.06. The Hall–Kier alpha value is -3.11. The van der Waals surface area contributed by atoms with Crippen molar-refractivity contribution in [2.24, 2.45) is 0 Å². The second kappa shape index (κ2) is 7.96. The van der Waals surface area contributed by atoms with E-state index in [2.05, 4.69) is 95.4 Å². The van der Waals surface area contributed by atoms with E-state index in [9.17, 15) is 0 Å². The molecule has 0 spiro atoms. The molecule has 1 aromatic heterocycles. The lowest BCUT2D eigenvalue weighted by Crippen LogP contribution is -2.22. The van der Waals surface area contributed by atoms with Crippen molar-refractivity contribution in [1.82, 2.24) is 10.2 Å². The highest BCUT2D eigenvalue weighted by Gasteiger charge is 2.27. The highest BCUT2D eigenvalue weighted by atomic mass is 32.1. The van der Waals surface area contributed by atoms with Crippen LogP contribution in [0.3, 0.4) is 0 Å². The number of benzene rings is 2. The topological polar surface area (TPSA) is 28.8 Å². The molecule has 1 heterocycles. The van der Waals surface area contributed by atoms with Gasteiger partial charge in [0.2, 0.25) is 5.71 Å². The maximum absolute atomic E-state index is 4.36. The van der Waals surface area contributed by atoms with Gasteiger partial charge in [-0.15, -0.1) is 10.2 Å². The molecule has 2 aliphatic rings. The molecule has 0 saturated heterocycles. The molecular formula is C26H24N3S+. The third-order valence-corrected chi connectivity index (χ3v) is 6.65. The van der Waals surface area contributed by atoms with Gasteiger partial charge in [0.25, 0.3) is 0 Å². The Labute approximate surface area is 181 Å². The predicted molar refractivity (Wildman–Crippen MR) is 126 cm³/mol. The lowest BCUT2D eigenvalue weighted by Gasteiger charge is -2.26. The van der Waals surface area contributed by atoms with Crippen molar-refractivity contribution >= 4 is 28.7 Å². The average Bonchev–Trinajstić information content (AvgIpc) is 3.33. The van der Waals surface area contributed by atoms with Crippen LogP contribution in [0.15, 0.2) is 77.3 Å². The van der Waals surface area contributed by atoms with Gasteiger partial charge < -0.3 is 0 Å². The quantitative estimate of drug-likeness (QED) is 0.519. The van der Waals surface area contributed by atoms with Crippen molar-refractivity contribution in [2.75, 3.05) is 13.1 Å². The Balaban J connectivity index is 1.76. The van der Waals surface area contributed by atoms with Crippen molar-refractivity contribution in [1.29, 1.82) is 0 Å². The first-order chi connectivity index (χ1) is 14.8. The monoisotopic (exact) mass is 410 g/mol. The molecule has 30 heavy (non-hydrogen) atoms. The van der Waals surface area contributed by atoms with E-state index in [4.69, 9.17) is 0 Å². The van der Waals surface area contributed by atoms with E-state index in [1.165, 1.54) is 39.1 Å². The van der Waals surface area contributed by atoms with Crippen LogP contribution in [-0.2, 0) is 6.42 Å². The van der Waals surface area contributed by atoms with E-state index >= 15 is 0 Å². The van der Waals surface area contributed by atoms with Gasteiger partial charge in [-0.1, -0.05) is 59.9 Å². The van der Waals surface area contributed by atoms with Crippen molar-refractivity contribution in [3.05, 3.63) is 94.0 Å². The molecule has 0 amide bonds. The van der Waals surface area contributed by atoms with Crippen LogP contribution in [0.5, 0.6) is 0 Å². The number of fused-ring (bicyclic) bond motifs is 2. The molecule has 0 bridgehead atoms. The minimum atomic E-state index is 0.962. The third-order valence-electron chi connectivity index (χ3n) is 5.92. The molecule has 0 aliphatic heterocycles. The Morgan fingerprint density at radius 2 is 1.63 bits per heavy atom. The number of aromatic nitrogens is 2. The normalized spacial score (nSPS) is 15.0. The maximum atomic E-state index is 4.36. The molecule has 3 aromatic rings. The maximum Gasteiger partial charge on any atom is 0.200 e. The largest absolute Gasteiger partial charge is 0.230 e.